The molecule has 1 saturated carbocycles. The molecule has 118 valence electrons. The van der Waals surface area contributed by atoms with Gasteiger partial charge in [-0.15, -0.1) is 0 Å². The third-order valence-corrected chi connectivity index (χ3v) is 6.48. The lowest BCUT2D eigenvalue weighted by Gasteiger charge is -2.10. The Hall–Kier alpha value is -1.07. The summed E-state index contributed by atoms with van der Waals surface area (Å²) >= 11 is 0. The van der Waals surface area contributed by atoms with E-state index in [1.54, 1.807) is 12.1 Å². The van der Waals surface area contributed by atoms with E-state index in [1.165, 1.54) is 0 Å². The fraction of sp³-hybridized carbons (Fsp3) is 0.625. The maximum atomic E-state index is 12.5. The topological polar surface area (TPSA) is 58.2 Å². The molecule has 0 heterocycles. The van der Waals surface area contributed by atoms with Crippen LogP contribution in [0.2, 0.25) is 0 Å². The standard InChI is InChI=1S/C16H26N2O2S/c1-6-11-17-12-7-9-13(10-8-12)21(19,20)18-14-15(2,3)16(14,4)5/h7-10,14,17-18H,6,11H2,1-5H3. The van der Waals surface area contributed by atoms with Crippen LogP contribution in [0.4, 0.5) is 5.69 Å². The SMILES string of the molecule is CCCNc1ccc(S(=O)(=O)NC2C(C)(C)C2(C)C)cc1. The molecule has 0 radical (unpaired) electrons. The third-order valence-electron chi connectivity index (χ3n) is 5.04. The molecule has 2 rings (SSSR count). The summed E-state index contributed by atoms with van der Waals surface area (Å²) in [5.41, 5.74) is 0.925. The Labute approximate surface area is 128 Å². The summed E-state index contributed by atoms with van der Waals surface area (Å²) in [4.78, 5) is 0.322. The Bertz CT molecular complexity index is 590. The van der Waals surface area contributed by atoms with Gasteiger partial charge in [0.05, 0.1) is 4.90 Å². The lowest BCUT2D eigenvalue weighted by atomic mass is 10.0. The number of hydrogen-bond donors (Lipinski definition) is 2. The van der Waals surface area contributed by atoms with Crippen LogP contribution in [0.15, 0.2) is 29.2 Å². The molecule has 0 atom stereocenters. The van der Waals surface area contributed by atoms with Crippen molar-refractivity contribution in [2.75, 3.05) is 11.9 Å². The van der Waals surface area contributed by atoms with Crippen molar-refractivity contribution in [2.45, 2.75) is 52.0 Å². The molecule has 1 aromatic carbocycles. The van der Waals surface area contributed by atoms with Gasteiger partial charge in [0.15, 0.2) is 0 Å². The number of anilines is 1. The van der Waals surface area contributed by atoms with E-state index < -0.39 is 10.0 Å². The zero-order chi connectivity index (χ0) is 15.9. The van der Waals surface area contributed by atoms with E-state index in [-0.39, 0.29) is 16.9 Å². The van der Waals surface area contributed by atoms with E-state index in [1.807, 2.05) is 12.1 Å². The van der Waals surface area contributed by atoms with Gasteiger partial charge >= 0.3 is 0 Å². The molecule has 2 N–H and O–H groups in total. The van der Waals surface area contributed by atoms with E-state index in [9.17, 15) is 8.42 Å². The Kier molecular flexibility index (Phi) is 4.10. The normalized spacial score (nSPS) is 20.2. The zero-order valence-corrected chi connectivity index (χ0v) is 14.3. The molecule has 0 amide bonds. The van der Waals surface area contributed by atoms with Crippen molar-refractivity contribution in [1.29, 1.82) is 0 Å². The number of rotatable bonds is 6. The highest BCUT2D eigenvalue weighted by atomic mass is 32.2. The minimum Gasteiger partial charge on any atom is -0.385 e. The number of nitrogens with one attached hydrogen (secondary N) is 2. The van der Waals surface area contributed by atoms with Gasteiger partial charge in [-0.1, -0.05) is 34.6 Å². The molecule has 21 heavy (non-hydrogen) atoms. The van der Waals surface area contributed by atoms with Crippen LogP contribution in [0.5, 0.6) is 0 Å². The summed E-state index contributed by atoms with van der Waals surface area (Å²) in [5.74, 6) is 0. The summed E-state index contributed by atoms with van der Waals surface area (Å²) in [7, 11) is -3.45. The van der Waals surface area contributed by atoms with Crippen LogP contribution in [-0.4, -0.2) is 21.0 Å². The Morgan fingerprint density at radius 1 is 1.05 bits per heavy atom. The largest absolute Gasteiger partial charge is 0.385 e. The molecule has 1 aliphatic rings. The number of hydrogen-bond acceptors (Lipinski definition) is 3. The molecule has 0 bridgehead atoms. The smallest absolute Gasteiger partial charge is 0.240 e. The predicted molar refractivity (Wildman–Crippen MR) is 86.9 cm³/mol. The first-order valence-corrected chi connectivity index (χ1v) is 8.97. The Balaban J connectivity index is 2.10. The van der Waals surface area contributed by atoms with Crippen LogP contribution in [-0.2, 0) is 10.0 Å². The molecule has 0 aromatic heterocycles. The molecule has 5 heteroatoms. The summed E-state index contributed by atoms with van der Waals surface area (Å²) in [6.45, 7) is 11.4. The first-order valence-electron chi connectivity index (χ1n) is 7.49. The van der Waals surface area contributed by atoms with Crippen molar-refractivity contribution in [3.05, 3.63) is 24.3 Å². The maximum Gasteiger partial charge on any atom is 0.240 e. The van der Waals surface area contributed by atoms with E-state index in [0.29, 0.717) is 4.90 Å². The molecule has 1 fully saturated rings. The summed E-state index contributed by atoms with van der Waals surface area (Å²) in [6.07, 6.45) is 1.04. The van der Waals surface area contributed by atoms with Crippen LogP contribution in [0, 0.1) is 10.8 Å². The second kappa shape index (κ2) is 5.29. The van der Waals surface area contributed by atoms with Crippen LogP contribution in [0.1, 0.15) is 41.0 Å². The lowest BCUT2D eigenvalue weighted by molar-refractivity contribution is 0.457. The van der Waals surface area contributed by atoms with Crippen molar-refractivity contribution >= 4 is 15.7 Å². The van der Waals surface area contributed by atoms with Gasteiger partial charge in [0.25, 0.3) is 0 Å². The predicted octanol–water partition coefficient (Wildman–Crippen LogP) is 3.22. The minimum absolute atomic E-state index is 0.0112. The third kappa shape index (κ3) is 2.94. The molecule has 0 spiro atoms. The van der Waals surface area contributed by atoms with Gasteiger partial charge in [-0.05, 0) is 41.5 Å². The van der Waals surface area contributed by atoms with Gasteiger partial charge in [-0.3, -0.25) is 0 Å². The van der Waals surface area contributed by atoms with Gasteiger partial charge < -0.3 is 5.32 Å². The van der Waals surface area contributed by atoms with Gasteiger partial charge in [-0.2, -0.15) is 0 Å². The van der Waals surface area contributed by atoms with Crippen molar-refractivity contribution < 1.29 is 8.42 Å². The van der Waals surface area contributed by atoms with Crippen molar-refractivity contribution in [3.63, 3.8) is 0 Å². The monoisotopic (exact) mass is 310 g/mol. The Morgan fingerprint density at radius 2 is 1.57 bits per heavy atom. The average molecular weight is 310 g/mol. The first-order chi connectivity index (χ1) is 9.63. The van der Waals surface area contributed by atoms with Gasteiger partial charge in [0.2, 0.25) is 10.0 Å². The number of sulfonamides is 1. The lowest BCUT2D eigenvalue weighted by Crippen LogP contribution is -2.29. The maximum absolute atomic E-state index is 12.5. The first kappa shape index (κ1) is 16.3. The fourth-order valence-corrected chi connectivity index (χ4v) is 4.27. The molecule has 0 aliphatic heterocycles. The minimum atomic E-state index is -3.45. The van der Waals surface area contributed by atoms with E-state index >= 15 is 0 Å². The van der Waals surface area contributed by atoms with Crippen LogP contribution in [0.3, 0.4) is 0 Å². The highest BCUT2D eigenvalue weighted by Crippen LogP contribution is 2.62. The van der Waals surface area contributed by atoms with E-state index in [2.05, 4.69) is 44.7 Å². The molecule has 0 unspecified atom stereocenters. The van der Waals surface area contributed by atoms with E-state index in [4.69, 9.17) is 0 Å². The summed E-state index contributed by atoms with van der Waals surface area (Å²) in [5, 5.41) is 3.24. The van der Waals surface area contributed by atoms with Crippen LogP contribution >= 0.6 is 0 Å². The van der Waals surface area contributed by atoms with Crippen molar-refractivity contribution in [2.24, 2.45) is 10.8 Å². The highest BCUT2D eigenvalue weighted by Gasteiger charge is 2.65. The highest BCUT2D eigenvalue weighted by molar-refractivity contribution is 7.89. The second-order valence-corrected chi connectivity index (χ2v) is 8.66. The zero-order valence-electron chi connectivity index (χ0n) is 13.5. The second-order valence-electron chi connectivity index (χ2n) is 6.95. The molecular formula is C16H26N2O2S. The van der Waals surface area contributed by atoms with Gasteiger partial charge in [0.1, 0.15) is 0 Å². The van der Waals surface area contributed by atoms with Crippen LogP contribution in [0.25, 0.3) is 0 Å². The van der Waals surface area contributed by atoms with E-state index in [0.717, 1.165) is 18.7 Å². The molecule has 0 saturated heterocycles. The van der Waals surface area contributed by atoms with Crippen molar-refractivity contribution in [3.8, 4) is 0 Å². The molecule has 1 aromatic rings. The molecule has 1 aliphatic carbocycles. The van der Waals surface area contributed by atoms with Gasteiger partial charge in [0, 0.05) is 18.3 Å². The molecule has 4 nitrogen and oxygen atoms in total. The molecular weight excluding hydrogens is 284 g/mol. The number of benzene rings is 1. The average Bonchev–Trinajstić information content (AvgIpc) is 2.79. The van der Waals surface area contributed by atoms with Crippen LogP contribution < -0.4 is 10.0 Å². The fourth-order valence-electron chi connectivity index (χ4n) is 2.74. The summed E-state index contributed by atoms with van der Waals surface area (Å²) < 4.78 is 27.7. The summed E-state index contributed by atoms with van der Waals surface area (Å²) in [6, 6.07) is 6.92. The van der Waals surface area contributed by atoms with Crippen molar-refractivity contribution in [1.82, 2.24) is 4.72 Å². The quantitative estimate of drug-likeness (QED) is 0.848. The Morgan fingerprint density at radius 3 is 2.00 bits per heavy atom. The van der Waals surface area contributed by atoms with Gasteiger partial charge in [-0.25, -0.2) is 13.1 Å².